The highest BCUT2D eigenvalue weighted by atomic mass is 32.2. The lowest BCUT2D eigenvalue weighted by atomic mass is 9.97. The van der Waals surface area contributed by atoms with Crippen molar-refractivity contribution in [3.8, 4) is 16.9 Å². The standard InChI is InChI=1S/C29H33F3N6O7S/c1-18-6-8-20(9-7-18)24-16-25(29(30,31)32)33-38(24)21-10-12-23(13-11-21)46(41,42)34-27(40)43-17-22-14-15-37(22)35-36-45-19(2)44-26(39)28(3,4)5/h6-13,16,19,22H,14-15,17H2,1-5H3,(H,34,40). The third-order valence-corrected chi connectivity index (χ3v) is 8.04. The Labute approximate surface area is 263 Å². The normalized spacial score (nSPS) is 16.1. The van der Waals surface area contributed by atoms with E-state index in [0.717, 1.165) is 28.4 Å². The summed E-state index contributed by atoms with van der Waals surface area (Å²) in [6, 6.07) is 12.1. The Balaban J connectivity index is 1.34. The molecule has 0 radical (unpaired) electrons. The maximum Gasteiger partial charge on any atom is 0.435 e. The molecule has 1 N–H and O–H groups in total. The zero-order valence-electron chi connectivity index (χ0n) is 25.6. The number of carbonyl (C=O) groups is 2. The lowest BCUT2D eigenvalue weighted by molar-refractivity contribution is -0.187. The fraction of sp³-hybridized carbons (Fsp3) is 0.414. The molecule has 0 bridgehead atoms. The molecule has 1 aromatic heterocycles. The van der Waals surface area contributed by atoms with Crippen molar-refractivity contribution >= 4 is 22.1 Å². The number of halogens is 3. The van der Waals surface area contributed by atoms with E-state index in [0.29, 0.717) is 18.5 Å². The number of sulfonamides is 1. The number of nitrogens with zero attached hydrogens (tertiary/aromatic N) is 5. The van der Waals surface area contributed by atoms with Crippen LogP contribution in [0.15, 0.2) is 70.0 Å². The first-order chi connectivity index (χ1) is 21.4. The molecule has 1 amide bonds. The van der Waals surface area contributed by atoms with Gasteiger partial charge in [-0.2, -0.15) is 18.3 Å². The van der Waals surface area contributed by atoms with Gasteiger partial charge in [-0.3, -0.25) is 9.80 Å². The van der Waals surface area contributed by atoms with Crippen molar-refractivity contribution in [1.29, 1.82) is 0 Å². The van der Waals surface area contributed by atoms with Crippen LogP contribution in [0.3, 0.4) is 0 Å². The van der Waals surface area contributed by atoms with Gasteiger partial charge >= 0.3 is 18.2 Å². The molecule has 0 aliphatic carbocycles. The van der Waals surface area contributed by atoms with E-state index in [2.05, 4.69) is 15.6 Å². The monoisotopic (exact) mass is 666 g/mol. The second kappa shape index (κ2) is 13.4. The molecule has 248 valence electrons. The maximum atomic E-state index is 13.5. The fourth-order valence-corrected chi connectivity index (χ4v) is 4.87. The number of nitrogens with one attached hydrogen (secondary N) is 1. The molecular weight excluding hydrogens is 633 g/mol. The van der Waals surface area contributed by atoms with Crippen molar-refractivity contribution in [1.82, 2.24) is 19.5 Å². The Morgan fingerprint density at radius 2 is 1.74 bits per heavy atom. The van der Waals surface area contributed by atoms with Crippen molar-refractivity contribution < 1.29 is 45.5 Å². The van der Waals surface area contributed by atoms with Gasteiger partial charge in [0.25, 0.3) is 16.3 Å². The van der Waals surface area contributed by atoms with Gasteiger partial charge in [-0.05, 0) is 69.7 Å². The second-order valence-electron chi connectivity index (χ2n) is 11.5. The van der Waals surface area contributed by atoms with Crippen LogP contribution >= 0.6 is 0 Å². The topological polar surface area (TPSA) is 154 Å². The quantitative estimate of drug-likeness (QED) is 0.126. The summed E-state index contributed by atoms with van der Waals surface area (Å²) < 4.78 is 79.1. The average Bonchev–Trinajstić information content (AvgIpc) is 3.41. The van der Waals surface area contributed by atoms with E-state index in [-0.39, 0.29) is 22.9 Å². The summed E-state index contributed by atoms with van der Waals surface area (Å²) in [5.74, 6) is -0.480. The molecule has 1 aliphatic rings. The molecule has 2 atom stereocenters. The number of aromatic nitrogens is 2. The Hall–Kier alpha value is -4.67. The Bertz CT molecular complexity index is 1690. The minimum Gasteiger partial charge on any atom is -0.447 e. The van der Waals surface area contributed by atoms with Crippen LogP contribution in [0.2, 0.25) is 0 Å². The second-order valence-corrected chi connectivity index (χ2v) is 13.2. The lowest BCUT2D eigenvalue weighted by Gasteiger charge is -2.36. The van der Waals surface area contributed by atoms with Gasteiger partial charge in [-0.1, -0.05) is 29.8 Å². The van der Waals surface area contributed by atoms with E-state index in [1.807, 2.05) is 6.92 Å². The molecule has 1 fully saturated rings. The zero-order valence-corrected chi connectivity index (χ0v) is 26.4. The first kappa shape index (κ1) is 34.2. The molecule has 0 spiro atoms. The summed E-state index contributed by atoms with van der Waals surface area (Å²) in [6.45, 7) is 8.64. The Morgan fingerprint density at radius 3 is 2.30 bits per heavy atom. The highest BCUT2D eigenvalue weighted by molar-refractivity contribution is 7.90. The van der Waals surface area contributed by atoms with Crippen molar-refractivity contribution in [3.63, 3.8) is 0 Å². The van der Waals surface area contributed by atoms with Crippen LogP contribution in [0.1, 0.15) is 45.4 Å². The summed E-state index contributed by atoms with van der Waals surface area (Å²) in [7, 11) is -4.39. The zero-order chi connectivity index (χ0) is 33.9. The minimum atomic E-state index is -4.70. The van der Waals surface area contributed by atoms with Gasteiger partial charge in [0.05, 0.1) is 27.7 Å². The molecule has 0 saturated carbocycles. The summed E-state index contributed by atoms with van der Waals surface area (Å²) in [6.07, 6.45) is -6.35. The van der Waals surface area contributed by atoms with Crippen LogP contribution in [-0.4, -0.2) is 60.8 Å². The summed E-state index contributed by atoms with van der Waals surface area (Å²) in [4.78, 5) is 28.9. The number of amides is 1. The Kier molecular flexibility index (Phi) is 9.94. The molecule has 1 saturated heterocycles. The van der Waals surface area contributed by atoms with Crippen LogP contribution in [0, 0.1) is 12.3 Å². The van der Waals surface area contributed by atoms with Crippen molar-refractivity contribution in [2.45, 2.75) is 64.4 Å². The van der Waals surface area contributed by atoms with Crippen LogP contribution in [-0.2, 0) is 35.3 Å². The van der Waals surface area contributed by atoms with E-state index in [1.165, 1.54) is 24.1 Å². The smallest absolute Gasteiger partial charge is 0.435 e. The molecule has 2 aromatic carbocycles. The van der Waals surface area contributed by atoms with Gasteiger partial charge in [0, 0.05) is 24.3 Å². The number of ether oxygens (including phenoxy) is 2. The molecule has 1 aliphatic heterocycles. The fourth-order valence-electron chi connectivity index (χ4n) is 3.98. The first-order valence-corrected chi connectivity index (χ1v) is 15.5. The Morgan fingerprint density at radius 1 is 1.09 bits per heavy atom. The molecule has 13 nitrogen and oxygen atoms in total. The molecule has 17 heteroatoms. The first-order valence-electron chi connectivity index (χ1n) is 14.0. The van der Waals surface area contributed by atoms with Crippen molar-refractivity contribution in [2.24, 2.45) is 15.9 Å². The van der Waals surface area contributed by atoms with Gasteiger partial charge in [-0.25, -0.2) is 22.6 Å². The SMILES string of the molecule is Cc1ccc(-c2cc(C(F)(F)F)nn2-c2ccc(S(=O)(=O)NC(=O)OCC3CCN3N=NOC(C)OC(=O)C(C)(C)C)cc2)cc1. The molecule has 2 heterocycles. The summed E-state index contributed by atoms with van der Waals surface area (Å²) in [5.41, 5.74) is -0.122. The third kappa shape index (κ3) is 8.52. The van der Waals surface area contributed by atoms with E-state index < -0.39 is 51.7 Å². The predicted octanol–water partition coefficient (Wildman–Crippen LogP) is 5.59. The van der Waals surface area contributed by atoms with Crippen LogP contribution < -0.4 is 4.72 Å². The van der Waals surface area contributed by atoms with Gasteiger partial charge in [0.15, 0.2) is 5.69 Å². The molecular formula is C29H33F3N6O7S. The number of carbonyl (C=O) groups excluding carboxylic acids is 2. The van der Waals surface area contributed by atoms with Crippen molar-refractivity contribution in [2.75, 3.05) is 13.2 Å². The molecule has 3 aromatic rings. The van der Waals surface area contributed by atoms with E-state index >= 15 is 0 Å². The summed E-state index contributed by atoms with van der Waals surface area (Å²) >= 11 is 0. The van der Waals surface area contributed by atoms with Crippen LogP contribution in [0.5, 0.6) is 0 Å². The number of esters is 1. The van der Waals surface area contributed by atoms with Gasteiger partial charge in [-0.15, -0.1) is 0 Å². The van der Waals surface area contributed by atoms with E-state index in [4.69, 9.17) is 14.3 Å². The molecule has 2 unspecified atom stereocenters. The number of aryl methyl sites for hydroxylation is 1. The summed E-state index contributed by atoms with van der Waals surface area (Å²) in [5, 5.41) is 12.5. The van der Waals surface area contributed by atoms with Crippen molar-refractivity contribution in [3.05, 3.63) is 65.9 Å². The maximum absolute atomic E-state index is 13.5. The van der Waals surface area contributed by atoms with E-state index in [9.17, 15) is 31.2 Å². The largest absolute Gasteiger partial charge is 0.447 e. The third-order valence-electron chi connectivity index (χ3n) is 6.71. The molecule has 46 heavy (non-hydrogen) atoms. The van der Waals surface area contributed by atoms with Gasteiger partial charge < -0.3 is 14.3 Å². The number of hydrogen-bond donors (Lipinski definition) is 1. The van der Waals surface area contributed by atoms with Gasteiger partial charge in [0.2, 0.25) is 0 Å². The van der Waals surface area contributed by atoms with Gasteiger partial charge in [0.1, 0.15) is 6.61 Å². The highest BCUT2D eigenvalue weighted by Crippen LogP contribution is 2.33. The number of alkyl halides is 3. The van der Waals surface area contributed by atoms with Crippen LogP contribution in [0.25, 0.3) is 16.9 Å². The molecule has 4 rings (SSSR count). The van der Waals surface area contributed by atoms with E-state index in [1.54, 1.807) is 49.8 Å². The number of benzene rings is 2. The number of hydrogen-bond acceptors (Lipinski definition) is 10. The minimum absolute atomic E-state index is 0.152. The predicted molar refractivity (Wildman–Crippen MR) is 156 cm³/mol. The lowest BCUT2D eigenvalue weighted by Crippen LogP contribution is -2.47. The van der Waals surface area contributed by atoms with Crippen LogP contribution in [0.4, 0.5) is 18.0 Å². The highest BCUT2D eigenvalue weighted by Gasteiger charge is 2.35. The average molecular weight is 667 g/mol. The number of rotatable bonds is 10.